The molecular weight excluding hydrogens is 392 g/mol. The number of β-amino-alcohol motifs (C(OH)–C–C–N with tert-alkyl or cyclic N) is 1. The molecule has 2 saturated heterocycles. The summed E-state index contributed by atoms with van der Waals surface area (Å²) < 4.78 is 28.5. The van der Waals surface area contributed by atoms with Gasteiger partial charge in [-0.3, -0.25) is 4.79 Å². The first-order valence-electron chi connectivity index (χ1n) is 8.85. The third-order valence-electron chi connectivity index (χ3n) is 5.28. The topological polar surface area (TPSA) is 111 Å². The fourth-order valence-corrected chi connectivity index (χ4v) is 5.08. The summed E-state index contributed by atoms with van der Waals surface area (Å²) >= 11 is 0. The lowest BCUT2D eigenvalue weighted by Crippen LogP contribution is -2.47. The Morgan fingerprint density at radius 1 is 1.33 bits per heavy atom. The van der Waals surface area contributed by atoms with Gasteiger partial charge in [0.25, 0.3) is 10.0 Å². The lowest BCUT2D eigenvalue weighted by molar-refractivity contribution is -0.124. The van der Waals surface area contributed by atoms with Crippen molar-refractivity contribution in [3.8, 4) is 0 Å². The van der Waals surface area contributed by atoms with Gasteiger partial charge in [-0.1, -0.05) is 12.1 Å². The molecule has 0 aliphatic carbocycles. The monoisotopic (exact) mass is 414 g/mol. The van der Waals surface area contributed by atoms with Crippen LogP contribution in [0, 0.1) is 5.92 Å². The predicted octanol–water partition coefficient (Wildman–Crippen LogP) is -0.282. The summed E-state index contributed by atoms with van der Waals surface area (Å²) in [5.41, 5.74) is 0.558. The van der Waals surface area contributed by atoms with E-state index in [1.165, 1.54) is 0 Å². The van der Waals surface area contributed by atoms with E-state index in [2.05, 4.69) is 15.0 Å². The molecule has 3 aliphatic rings. The average molecular weight is 415 g/mol. The Kier molecular flexibility index (Phi) is 5.76. The maximum atomic E-state index is 12.7. The number of fused-ring (bicyclic) bond motifs is 1. The molecule has 0 bridgehead atoms. The smallest absolute Gasteiger partial charge is 0.285 e. The predicted molar refractivity (Wildman–Crippen MR) is 103 cm³/mol. The van der Waals surface area contributed by atoms with Crippen molar-refractivity contribution in [1.82, 2.24) is 15.5 Å². The number of amides is 1. The van der Waals surface area contributed by atoms with Crippen LogP contribution in [-0.4, -0.2) is 68.5 Å². The van der Waals surface area contributed by atoms with Gasteiger partial charge in [0, 0.05) is 37.7 Å². The maximum Gasteiger partial charge on any atom is 0.285 e. The SMILES string of the molecule is Cl.O=C(NCC1CNCC1O)C1CCCN1C1=NS(=O)(=O)c2ccccc21. The van der Waals surface area contributed by atoms with Crippen molar-refractivity contribution in [1.29, 1.82) is 0 Å². The lowest BCUT2D eigenvalue weighted by Gasteiger charge is -2.26. The van der Waals surface area contributed by atoms with Gasteiger partial charge in [0.05, 0.1) is 6.10 Å². The summed E-state index contributed by atoms with van der Waals surface area (Å²) in [5, 5.41) is 15.9. The first kappa shape index (κ1) is 20.1. The van der Waals surface area contributed by atoms with E-state index in [0.29, 0.717) is 44.0 Å². The molecule has 1 amide bonds. The molecule has 148 valence electrons. The number of hydrogen-bond acceptors (Lipinski definition) is 6. The molecular formula is C17H23ClN4O4S. The van der Waals surface area contributed by atoms with Crippen LogP contribution in [0.3, 0.4) is 0 Å². The molecule has 8 nitrogen and oxygen atoms in total. The van der Waals surface area contributed by atoms with Crippen molar-refractivity contribution in [2.24, 2.45) is 10.3 Å². The Morgan fingerprint density at radius 3 is 2.85 bits per heavy atom. The van der Waals surface area contributed by atoms with Crippen molar-refractivity contribution in [2.75, 3.05) is 26.2 Å². The molecule has 1 aromatic carbocycles. The minimum absolute atomic E-state index is 0. The summed E-state index contributed by atoms with van der Waals surface area (Å²) in [7, 11) is -3.70. The van der Waals surface area contributed by atoms with Crippen molar-refractivity contribution < 1.29 is 18.3 Å². The number of nitrogens with zero attached hydrogens (tertiary/aromatic N) is 2. The van der Waals surface area contributed by atoms with E-state index in [0.717, 1.165) is 6.42 Å². The van der Waals surface area contributed by atoms with E-state index < -0.39 is 22.2 Å². The van der Waals surface area contributed by atoms with Gasteiger partial charge in [-0.15, -0.1) is 16.8 Å². The number of aliphatic hydroxyl groups is 1. The van der Waals surface area contributed by atoms with Crippen LogP contribution in [0.2, 0.25) is 0 Å². The number of amidine groups is 1. The number of benzene rings is 1. The third kappa shape index (κ3) is 3.69. The molecule has 0 spiro atoms. The molecule has 10 heteroatoms. The molecule has 0 radical (unpaired) electrons. The zero-order valence-electron chi connectivity index (χ0n) is 14.7. The van der Waals surface area contributed by atoms with Crippen LogP contribution in [0.15, 0.2) is 33.6 Å². The molecule has 3 heterocycles. The normalized spacial score (nSPS) is 28.4. The van der Waals surface area contributed by atoms with Crippen molar-refractivity contribution >= 4 is 34.2 Å². The van der Waals surface area contributed by atoms with Crippen molar-refractivity contribution in [2.45, 2.75) is 29.9 Å². The summed E-state index contributed by atoms with van der Waals surface area (Å²) in [6, 6.07) is 6.27. The van der Waals surface area contributed by atoms with Crippen LogP contribution in [0.1, 0.15) is 18.4 Å². The second kappa shape index (κ2) is 7.75. The van der Waals surface area contributed by atoms with Crippen LogP contribution < -0.4 is 10.6 Å². The maximum absolute atomic E-state index is 12.7. The molecule has 0 aromatic heterocycles. The minimum atomic E-state index is -3.70. The Balaban J connectivity index is 0.00000210. The van der Waals surface area contributed by atoms with Gasteiger partial charge >= 0.3 is 0 Å². The lowest BCUT2D eigenvalue weighted by atomic mass is 10.1. The number of hydrogen-bond donors (Lipinski definition) is 3. The van der Waals surface area contributed by atoms with Gasteiger partial charge in [-0.05, 0) is 25.0 Å². The standard InChI is InChI=1S/C17H22N4O4S.ClH/c22-14-10-18-8-11(14)9-19-17(23)13-5-3-7-21(13)16-12-4-1-2-6-15(12)26(24,25)20-16;/h1-2,4,6,11,13-14,18,22H,3,5,7-10H2,(H,19,23);1H. The van der Waals surface area contributed by atoms with Gasteiger partial charge in [-0.25, -0.2) is 0 Å². The number of halogens is 1. The Hall–Kier alpha value is -1.68. The fraction of sp³-hybridized carbons (Fsp3) is 0.529. The first-order valence-corrected chi connectivity index (χ1v) is 10.3. The summed E-state index contributed by atoms with van der Waals surface area (Å²) in [6.07, 6.45) is 0.997. The highest BCUT2D eigenvalue weighted by molar-refractivity contribution is 7.90. The van der Waals surface area contributed by atoms with Crippen LogP contribution in [0.5, 0.6) is 0 Å². The van der Waals surface area contributed by atoms with E-state index in [1.54, 1.807) is 29.2 Å². The van der Waals surface area contributed by atoms with E-state index in [9.17, 15) is 18.3 Å². The van der Waals surface area contributed by atoms with E-state index in [4.69, 9.17) is 0 Å². The van der Waals surface area contributed by atoms with E-state index in [-0.39, 0.29) is 29.1 Å². The fourth-order valence-electron chi connectivity index (χ4n) is 3.87. The number of carbonyl (C=O) groups is 1. The van der Waals surface area contributed by atoms with Crippen LogP contribution >= 0.6 is 12.4 Å². The number of aliphatic hydroxyl groups excluding tert-OH is 1. The van der Waals surface area contributed by atoms with E-state index in [1.807, 2.05) is 0 Å². The summed E-state index contributed by atoms with van der Waals surface area (Å²) in [5.74, 6) is 0.214. The van der Waals surface area contributed by atoms with Crippen LogP contribution in [-0.2, 0) is 14.8 Å². The minimum Gasteiger partial charge on any atom is -0.391 e. The van der Waals surface area contributed by atoms with E-state index >= 15 is 0 Å². The van der Waals surface area contributed by atoms with Gasteiger partial charge in [0.2, 0.25) is 5.91 Å². The highest BCUT2D eigenvalue weighted by atomic mass is 35.5. The molecule has 2 fully saturated rings. The third-order valence-corrected chi connectivity index (χ3v) is 6.61. The zero-order chi connectivity index (χ0) is 18.3. The number of carbonyl (C=O) groups excluding carboxylic acids is 1. The second-order valence-electron chi connectivity index (χ2n) is 6.97. The Labute approximate surface area is 164 Å². The molecule has 3 atom stereocenters. The molecule has 3 N–H and O–H groups in total. The molecule has 3 aliphatic heterocycles. The van der Waals surface area contributed by atoms with Gasteiger partial charge < -0.3 is 20.6 Å². The Bertz CT molecular complexity index is 860. The van der Waals surface area contributed by atoms with Crippen molar-refractivity contribution in [3.05, 3.63) is 29.8 Å². The molecule has 1 aromatic rings. The average Bonchev–Trinajstić information content (AvgIpc) is 3.31. The van der Waals surface area contributed by atoms with Gasteiger partial charge in [0.1, 0.15) is 10.9 Å². The number of likely N-dealkylation sites (tertiary alicyclic amines) is 1. The molecule has 4 rings (SSSR count). The Morgan fingerprint density at radius 2 is 2.11 bits per heavy atom. The van der Waals surface area contributed by atoms with Crippen LogP contribution in [0.4, 0.5) is 0 Å². The molecule has 0 saturated carbocycles. The number of rotatable bonds is 3. The van der Waals surface area contributed by atoms with Gasteiger partial charge in [-0.2, -0.15) is 8.42 Å². The quantitative estimate of drug-likeness (QED) is 0.627. The largest absolute Gasteiger partial charge is 0.391 e. The number of sulfonamides is 1. The zero-order valence-corrected chi connectivity index (χ0v) is 16.3. The summed E-state index contributed by atoms with van der Waals surface area (Å²) in [6.45, 7) is 2.21. The highest BCUT2D eigenvalue weighted by Gasteiger charge is 2.39. The van der Waals surface area contributed by atoms with Crippen molar-refractivity contribution in [3.63, 3.8) is 0 Å². The first-order chi connectivity index (χ1) is 12.5. The second-order valence-corrected chi connectivity index (χ2v) is 8.54. The summed E-state index contributed by atoms with van der Waals surface area (Å²) in [4.78, 5) is 14.7. The van der Waals surface area contributed by atoms with Crippen LogP contribution in [0.25, 0.3) is 0 Å². The number of nitrogens with one attached hydrogen (secondary N) is 2. The van der Waals surface area contributed by atoms with Gasteiger partial charge in [0.15, 0.2) is 5.84 Å². The molecule has 3 unspecified atom stereocenters. The highest BCUT2D eigenvalue weighted by Crippen LogP contribution is 2.31. The molecule has 27 heavy (non-hydrogen) atoms.